The van der Waals surface area contributed by atoms with Gasteiger partial charge in [-0.3, -0.25) is 4.98 Å². The zero-order chi connectivity index (χ0) is 11.5. The molecule has 2 aromatic rings. The molecule has 0 saturated carbocycles. The number of pyridine rings is 1. The number of rotatable bonds is 3. The zero-order valence-electron chi connectivity index (χ0n) is 8.92. The van der Waals surface area contributed by atoms with E-state index in [9.17, 15) is 0 Å². The molecule has 0 fully saturated rings. The number of nitrogens with two attached hydrogens (primary N) is 1. The summed E-state index contributed by atoms with van der Waals surface area (Å²) in [7, 11) is 0. The molecule has 0 bridgehead atoms. The maximum atomic E-state index is 5.65. The van der Waals surface area contributed by atoms with Gasteiger partial charge in [0.1, 0.15) is 16.5 Å². The van der Waals surface area contributed by atoms with Crippen molar-refractivity contribution in [3.63, 3.8) is 0 Å². The molecule has 2 N–H and O–H groups in total. The molecule has 0 aromatic carbocycles. The molecule has 82 valence electrons. The molecular formula is C11H12N4S. The topological polar surface area (TPSA) is 56.7 Å². The summed E-state index contributed by atoms with van der Waals surface area (Å²) in [6.07, 6.45) is 6.17. The van der Waals surface area contributed by atoms with Crippen molar-refractivity contribution in [2.45, 2.75) is 13.3 Å². The van der Waals surface area contributed by atoms with Gasteiger partial charge >= 0.3 is 0 Å². The highest BCUT2D eigenvalue weighted by Gasteiger charge is 2.10. The van der Waals surface area contributed by atoms with E-state index in [0.717, 1.165) is 17.9 Å². The fourth-order valence-electron chi connectivity index (χ4n) is 1.60. The van der Waals surface area contributed by atoms with Crippen LogP contribution in [0.3, 0.4) is 0 Å². The highest BCUT2D eigenvalue weighted by Crippen LogP contribution is 2.14. The fourth-order valence-corrected chi connectivity index (χ4v) is 1.75. The Hall–Kier alpha value is -1.75. The summed E-state index contributed by atoms with van der Waals surface area (Å²) in [6.45, 7) is 2.05. The first-order valence-electron chi connectivity index (χ1n) is 5.01. The number of imidazole rings is 1. The van der Waals surface area contributed by atoms with Crippen LogP contribution < -0.4 is 5.73 Å². The van der Waals surface area contributed by atoms with Crippen LogP contribution in [0, 0.1) is 0 Å². The second-order valence-corrected chi connectivity index (χ2v) is 3.74. The molecule has 2 heterocycles. The van der Waals surface area contributed by atoms with Crippen LogP contribution in [0.5, 0.6) is 0 Å². The molecule has 0 unspecified atom stereocenters. The largest absolute Gasteiger partial charge is 0.388 e. The molecule has 0 aliphatic rings. The van der Waals surface area contributed by atoms with Crippen LogP contribution >= 0.6 is 12.2 Å². The minimum atomic E-state index is 0.298. The Balaban J connectivity index is 2.60. The Morgan fingerprint density at radius 3 is 2.94 bits per heavy atom. The summed E-state index contributed by atoms with van der Waals surface area (Å²) in [5.74, 6) is 0.963. The first-order chi connectivity index (χ1) is 7.74. The van der Waals surface area contributed by atoms with Crippen molar-refractivity contribution in [1.29, 1.82) is 0 Å². The van der Waals surface area contributed by atoms with Crippen LogP contribution in [-0.4, -0.2) is 19.5 Å². The van der Waals surface area contributed by atoms with Gasteiger partial charge in [0.15, 0.2) is 0 Å². The van der Waals surface area contributed by atoms with Gasteiger partial charge in [-0.2, -0.15) is 0 Å². The lowest BCUT2D eigenvalue weighted by atomic mass is 10.3. The van der Waals surface area contributed by atoms with E-state index >= 15 is 0 Å². The Morgan fingerprint density at radius 2 is 2.25 bits per heavy atom. The van der Waals surface area contributed by atoms with E-state index in [1.807, 2.05) is 22.9 Å². The number of nitrogens with zero attached hydrogens (tertiary/aromatic N) is 3. The summed E-state index contributed by atoms with van der Waals surface area (Å²) in [4.78, 5) is 8.75. The lowest BCUT2D eigenvalue weighted by molar-refractivity contribution is 0.885. The Labute approximate surface area is 99.1 Å². The van der Waals surface area contributed by atoms with Crippen LogP contribution in [0.2, 0.25) is 0 Å². The fraction of sp³-hybridized carbons (Fsp3) is 0.182. The number of hydrogen-bond acceptors (Lipinski definition) is 3. The van der Waals surface area contributed by atoms with Crippen LogP contribution in [0.4, 0.5) is 0 Å². The van der Waals surface area contributed by atoms with E-state index in [0.29, 0.717) is 10.7 Å². The second kappa shape index (κ2) is 4.40. The summed E-state index contributed by atoms with van der Waals surface area (Å²) in [5, 5.41) is 0. The molecular weight excluding hydrogens is 220 g/mol. The predicted octanol–water partition coefficient (Wildman–Crippen LogP) is 1.46. The van der Waals surface area contributed by atoms with Gasteiger partial charge in [0.2, 0.25) is 0 Å². The Bertz CT molecular complexity index is 518. The highest BCUT2D eigenvalue weighted by molar-refractivity contribution is 7.80. The van der Waals surface area contributed by atoms with Gasteiger partial charge < -0.3 is 10.3 Å². The molecule has 0 saturated heterocycles. The average Bonchev–Trinajstić information content (AvgIpc) is 2.76. The molecule has 16 heavy (non-hydrogen) atoms. The van der Waals surface area contributed by atoms with E-state index in [1.54, 1.807) is 12.4 Å². The quantitative estimate of drug-likeness (QED) is 0.814. The van der Waals surface area contributed by atoms with Gasteiger partial charge in [-0.15, -0.1) is 0 Å². The van der Waals surface area contributed by atoms with Crippen LogP contribution in [0.1, 0.15) is 18.4 Å². The summed E-state index contributed by atoms with van der Waals surface area (Å²) >= 11 is 4.98. The predicted molar refractivity (Wildman–Crippen MR) is 66.6 cm³/mol. The molecule has 5 heteroatoms. The van der Waals surface area contributed by atoms with Gasteiger partial charge in [-0.25, -0.2) is 4.98 Å². The van der Waals surface area contributed by atoms with E-state index in [-0.39, 0.29) is 0 Å². The molecule has 0 amide bonds. The number of hydrogen-bond donors (Lipinski definition) is 1. The van der Waals surface area contributed by atoms with Crippen molar-refractivity contribution in [3.05, 3.63) is 42.2 Å². The third kappa shape index (κ3) is 1.81. The Morgan fingerprint density at radius 1 is 1.44 bits per heavy atom. The number of thiocarbonyl (C=S) groups is 1. The molecule has 0 atom stereocenters. The van der Waals surface area contributed by atoms with E-state index in [2.05, 4.69) is 16.9 Å². The van der Waals surface area contributed by atoms with E-state index in [1.165, 1.54) is 0 Å². The standard InChI is InChI=1S/C11H12N4S/c1-2-9-13-6-7-15(9)8-4-3-5-14-10(8)11(12)16/h3-7H,2H2,1H3,(H2,12,16). The van der Waals surface area contributed by atoms with Crippen molar-refractivity contribution >= 4 is 17.2 Å². The minimum absolute atomic E-state index is 0.298. The SMILES string of the molecule is CCc1nccn1-c1cccnc1C(N)=S. The van der Waals surface area contributed by atoms with Crippen molar-refractivity contribution in [2.75, 3.05) is 0 Å². The molecule has 0 aliphatic carbocycles. The summed E-state index contributed by atoms with van der Waals surface area (Å²) in [6, 6.07) is 3.79. The molecule has 2 aromatic heterocycles. The molecule has 2 rings (SSSR count). The van der Waals surface area contributed by atoms with Crippen molar-refractivity contribution in [2.24, 2.45) is 5.73 Å². The first-order valence-corrected chi connectivity index (χ1v) is 5.42. The summed E-state index contributed by atoms with van der Waals surface area (Å²) in [5.41, 5.74) is 7.16. The Kier molecular flexibility index (Phi) is 2.96. The van der Waals surface area contributed by atoms with Gasteiger partial charge in [-0.1, -0.05) is 19.1 Å². The number of aryl methyl sites for hydroxylation is 1. The van der Waals surface area contributed by atoms with Crippen LogP contribution in [0.15, 0.2) is 30.7 Å². The molecule has 0 aliphatic heterocycles. The monoisotopic (exact) mass is 232 g/mol. The van der Waals surface area contributed by atoms with Crippen molar-refractivity contribution < 1.29 is 0 Å². The van der Waals surface area contributed by atoms with Crippen molar-refractivity contribution in [1.82, 2.24) is 14.5 Å². The van der Waals surface area contributed by atoms with Gasteiger partial charge in [0.05, 0.1) is 5.69 Å². The second-order valence-electron chi connectivity index (χ2n) is 3.30. The lowest BCUT2D eigenvalue weighted by Crippen LogP contribution is -2.16. The number of aromatic nitrogens is 3. The van der Waals surface area contributed by atoms with E-state index in [4.69, 9.17) is 18.0 Å². The van der Waals surface area contributed by atoms with Crippen molar-refractivity contribution in [3.8, 4) is 5.69 Å². The van der Waals surface area contributed by atoms with Gasteiger partial charge in [0.25, 0.3) is 0 Å². The van der Waals surface area contributed by atoms with E-state index < -0.39 is 0 Å². The third-order valence-corrected chi connectivity index (χ3v) is 2.51. The smallest absolute Gasteiger partial charge is 0.124 e. The van der Waals surface area contributed by atoms with Gasteiger partial charge in [-0.05, 0) is 12.1 Å². The lowest BCUT2D eigenvalue weighted by Gasteiger charge is -2.10. The third-order valence-electron chi connectivity index (χ3n) is 2.31. The summed E-state index contributed by atoms with van der Waals surface area (Å²) < 4.78 is 1.96. The van der Waals surface area contributed by atoms with Crippen LogP contribution in [0.25, 0.3) is 5.69 Å². The van der Waals surface area contributed by atoms with Crippen LogP contribution in [-0.2, 0) is 6.42 Å². The molecule has 0 spiro atoms. The normalized spacial score (nSPS) is 10.3. The first kappa shape index (κ1) is 10.8. The average molecular weight is 232 g/mol. The minimum Gasteiger partial charge on any atom is -0.388 e. The molecule has 4 nitrogen and oxygen atoms in total. The maximum Gasteiger partial charge on any atom is 0.124 e. The highest BCUT2D eigenvalue weighted by atomic mass is 32.1. The molecule has 0 radical (unpaired) electrons. The van der Waals surface area contributed by atoms with Gasteiger partial charge in [0, 0.05) is 25.0 Å². The zero-order valence-corrected chi connectivity index (χ0v) is 9.74. The maximum absolute atomic E-state index is 5.65.